The number of anilines is 1. The average molecular weight is 162 g/mol. The Kier molecular flexibility index (Phi) is 1.57. The minimum atomic E-state index is 0.0710. The lowest BCUT2D eigenvalue weighted by atomic mass is 9.96. The molecule has 1 unspecified atom stereocenters. The predicted octanol–water partition coefficient (Wildman–Crippen LogP) is 1.21. The molecular formula is C9H10N2O. The topological polar surface area (TPSA) is 42.0 Å². The normalized spacial score (nSPS) is 21.4. The number of rotatable bonds is 0. The van der Waals surface area contributed by atoms with Crippen molar-refractivity contribution in [2.75, 3.05) is 5.32 Å². The number of carbonyl (C=O) groups excluding carboxylic acids is 1. The first-order valence-corrected chi connectivity index (χ1v) is 4.01. The summed E-state index contributed by atoms with van der Waals surface area (Å²) in [6, 6.07) is 1.83. The standard InChI is InChI=1S/C9H10N2O/c1-6-4-7-5-10-3-2-8(7)11-9(6)12/h2-3,5-6H,4H2,1H3,(H,11,12). The molecule has 0 aliphatic carbocycles. The molecule has 3 heteroatoms. The van der Waals surface area contributed by atoms with Crippen molar-refractivity contribution in [3.05, 3.63) is 24.0 Å². The maximum atomic E-state index is 11.2. The lowest BCUT2D eigenvalue weighted by Crippen LogP contribution is -2.27. The van der Waals surface area contributed by atoms with Gasteiger partial charge in [0.2, 0.25) is 5.91 Å². The van der Waals surface area contributed by atoms with Gasteiger partial charge in [-0.15, -0.1) is 0 Å². The number of hydrogen-bond acceptors (Lipinski definition) is 2. The molecule has 2 rings (SSSR count). The summed E-state index contributed by atoms with van der Waals surface area (Å²) in [5.74, 6) is 0.176. The zero-order chi connectivity index (χ0) is 8.55. The quantitative estimate of drug-likeness (QED) is 0.623. The van der Waals surface area contributed by atoms with Crippen molar-refractivity contribution in [3.63, 3.8) is 0 Å². The molecule has 0 fully saturated rings. The average Bonchev–Trinajstić information content (AvgIpc) is 2.07. The van der Waals surface area contributed by atoms with E-state index in [0.717, 1.165) is 17.7 Å². The van der Waals surface area contributed by atoms with E-state index in [-0.39, 0.29) is 11.8 Å². The lowest BCUT2D eigenvalue weighted by molar-refractivity contribution is -0.119. The maximum Gasteiger partial charge on any atom is 0.227 e. The van der Waals surface area contributed by atoms with Gasteiger partial charge in [-0.2, -0.15) is 0 Å². The van der Waals surface area contributed by atoms with Crippen LogP contribution in [0.5, 0.6) is 0 Å². The van der Waals surface area contributed by atoms with Gasteiger partial charge in [0.25, 0.3) is 0 Å². The van der Waals surface area contributed by atoms with E-state index in [2.05, 4.69) is 10.3 Å². The molecule has 1 aliphatic rings. The van der Waals surface area contributed by atoms with E-state index >= 15 is 0 Å². The SMILES string of the molecule is CC1Cc2cnccc2NC1=O. The second-order valence-corrected chi connectivity index (χ2v) is 3.13. The summed E-state index contributed by atoms with van der Waals surface area (Å²) in [6.45, 7) is 1.92. The first kappa shape index (κ1) is 7.28. The van der Waals surface area contributed by atoms with Crippen molar-refractivity contribution in [2.45, 2.75) is 13.3 Å². The van der Waals surface area contributed by atoms with Crippen LogP contribution in [0.2, 0.25) is 0 Å². The molecule has 1 aromatic rings. The van der Waals surface area contributed by atoms with Crippen molar-refractivity contribution in [1.29, 1.82) is 0 Å². The fourth-order valence-corrected chi connectivity index (χ4v) is 1.39. The highest BCUT2D eigenvalue weighted by Crippen LogP contribution is 2.23. The summed E-state index contributed by atoms with van der Waals surface area (Å²) in [5, 5.41) is 2.83. The number of nitrogens with zero attached hydrogens (tertiary/aromatic N) is 1. The third-order valence-electron chi connectivity index (χ3n) is 2.14. The Balaban J connectivity index is 2.40. The molecule has 1 N–H and O–H groups in total. The summed E-state index contributed by atoms with van der Waals surface area (Å²) >= 11 is 0. The van der Waals surface area contributed by atoms with Gasteiger partial charge in [-0.25, -0.2) is 0 Å². The molecule has 0 saturated heterocycles. The minimum Gasteiger partial charge on any atom is -0.325 e. The van der Waals surface area contributed by atoms with Gasteiger partial charge in [0.05, 0.1) is 0 Å². The number of hydrogen-bond donors (Lipinski definition) is 1. The Bertz CT molecular complexity index is 322. The van der Waals surface area contributed by atoms with Crippen LogP contribution >= 0.6 is 0 Å². The van der Waals surface area contributed by atoms with Crippen LogP contribution in [-0.2, 0) is 11.2 Å². The summed E-state index contributed by atoms with van der Waals surface area (Å²) in [4.78, 5) is 15.2. The van der Waals surface area contributed by atoms with Gasteiger partial charge in [0.15, 0.2) is 0 Å². The van der Waals surface area contributed by atoms with E-state index in [1.54, 1.807) is 6.20 Å². The number of fused-ring (bicyclic) bond motifs is 1. The van der Waals surface area contributed by atoms with Crippen molar-refractivity contribution < 1.29 is 4.79 Å². The maximum absolute atomic E-state index is 11.2. The van der Waals surface area contributed by atoms with E-state index in [1.807, 2.05) is 19.2 Å². The first-order chi connectivity index (χ1) is 5.77. The van der Waals surface area contributed by atoms with Crippen LogP contribution in [0.25, 0.3) is 0 Å². The molecule has 12 heavy (non-hydrogen) atoms. The van der Waals surface area contributed by atoms with Crippen molar-refractivity contribution in [3.8, 4) is 0 Å². The molecule has 0 aromatic carbocycles. The molecule has 0 bridgehead atoms. The molecule has 0 saturated carbocycles. The Hall–Kier alpha value is -1.38. The van der Waals surface area contributed by atoms with Gasteiger partial charge >= 0.3 is 0 Å². The third-order valence-corrected chi connectivity index (χ3v) is 2.14. The fourth-order valence-electron chi connectivity index (χ4n) is 1.39. The molecule has 1 atom stereocenters. The molecule has 3 nitrogen and oxygen atoms in total. The van der Waals surface area contributed by atoms with Gasteiger partial charge in [-0.1, -0.05) is 6.92 Å². The van der Waals surface area contributed by atoms with E-state index in [9.17, 15) is 4.79 Å². The van der Waals surface area contributed by atoms with Crippen LogP contribution in [0.1, 0.15) is 12.5 Å². The monoisotopic (exact) mass is 162 g/mol. The lowest BCUT2D eigenvalue weighted by Gasteiger charge is -2.20. The van der Waals surface area contributed by atoms with Crippen LogP contribution in [0.3, 0.4) is 0 Å². The van der Waals surface area contributed by atoms with Crippen LogP contribution in [-0.4, -0.2) is 10.9 Å². The molecular weight excluding hydrogens is 152 g/mol. The van der Waals surface area contributed by atoms with Gasteiger partial charge in [-0.3, -0.25) is 9.78 Å². The van der Waals surface area contributed by atoms with E-state index in [1.165, 1.54) is 0 Å². The van der Waals surface area contributed by atoms with Gasteiger partial charge in [0.1, 0.15) is 0 Å². The summed E-state index contributed by atoms with van der Waals surface area (Å²) in [6.07, 6.45) is 4.30. The number of amides is 1. The van der Waals surface area contributed by atoms with E-state index < -0.39 is 0 Å². The van der Waals surface area contributed by atoms with Crippen molar-refractivity contribution in [1.82, 2.24) is 4.98 Å². The summed E-state index contributed by atoms with van der Waals surface area (Å²) < 4.78 is 0. The first-order valence-electron chi connectivity index (χ1n) is 4.01. The highest BCUT2D eigenvalue weighted by Gasteiger charge is 2.21. The largest absolute Gasteiger partial charge is 0.325 e. The van der Waals surface area contributed by atoms with Crippen LogP contribution in [0.4, 0.5) is 5.69 Å². The van der Waals surface area contributed by atoms with Crippen LogP contribution < -0.4 is 5.32 Å². The van der Waals surface area contributed by atoms with E-state index in [4.69, 9.17) is 0 Å². The predicted molar refractivity (Wildman–Crippen MR) is 45.7 cm³/mol. The zero-order valence-electron chi connectivity index (χ0n) is 6.87. The van der Waals surface area contributed by atoms with Crippen molar-refractivity contribution >= 4 is 11.6 Å². The molecule has 2 heterocycles. The summed E-state index contributed by atoms with van der Waals surface area (Å²) in [7, 11) is 0. The molecule has 1 amide bonds. The minimum absolute atomic E-state index is 0.0710. The van der Waals surface area contributed by atoms with Gasteiger partial charge in [0, 0.05) is 24.0 Å². The van der Waals surface area contributed by atoms with Crippen molar-refractivity contribution in [2.24, 2.45) is 5.92 Å². The molecule has 62 valence electrons. The fraction of sp³-hybridized carbons (Fsp3) is 0.333. The highest BCUT2D eigenvalue weighted by molar-refractivity contribution is 5.95. The number of pyridine rings is 1. The van der Waals surface area contributed by atoms with Crippen LogP contribution in [0.15, 0.2) is 18.5 Å². The molecule has 1 aliphatic heterocycles. The number of carbonyl (C=O) groups is 1. The smallest absolute Gasteiger partial charge is 0.227 e. The van der Waals surface area contributed by atoms with E-state index in [0.29, 0.717) is 0 Å². The zero-order valence-corrected chi connectivity index (χ0v) is 6.87. The Morgan fingerprint density at radius 2 is 2.50 bits per heavy atom. The second-order valence-electron chi connectivity index (χ2n) is 3.13. The number of aromatic nitrogens is 1. The van der Waals surface area contributed by atoms with Gasteiger partial charge < -0.3 is 5.32 Å². The Morgan fingerprint density at radius 1 is 1.67 bits per heavy atom. The Labute approximate surface area is 70.8 Å². The second kappa shape index (κ2) is 2.59. The molecule has 0 radical (unpaired) electrons. The van der Waals surface area contributed by atoms with Gasteiger partial charge in [-0.05, 0) is 18.1 Å². The number of nitrogens with one attached hydrogen (secondary N) is 1. The third kappa shape index (κ3) is 1.07. The Morgan fingerprint density at radius 3 is 3.33 bits per heavy atom. The van der Waals surface area contributed by atoms with Crippen LogP contribution in [0, 0.1) is 5.92 Å². The highest BCUT2D eigenvalue weighted by atomic mass is 16.1. The molecule has 0 spiro atoms. The summed E-state index contributed by atoms with van der Waals surface area (Å²) in [5.41, 5.74) is 2.04. The molecule has 1 aromatic heterocycles.